The second kappa shape index (κ2) is 11.4. The van der Waals surface area contributed by atoms with Crippen molar-refractivity contribution in [3.8, 4) is 0 Å². The number of aryl methyl sites for hydroxylation is 2. The van der Waals surface area contributed by atoms with Crippen LogP contribution in [0.1, 0.15) is 17.0 Å². The first-order chi connectivity index (χ1) is 17.8. The molecule has 1 N–H and O–H groups in total. The number of benzene rings is 2. The number of aromatic nitrogens is 4. The van der Waals surface area contributed by atoms with Crippen LogP contribution in [0.15, 0.2) is 53.4 Å². The molecule has 12 nitrogen and oxygen atoms in total. The predicted molar refractivity (Wildman–Crippen MR) is 134 cm³/mol. The maximum absolute atomic E-state index is 13.0. The maximum Gasteiger partial charge on any atom is 0.357 e. The van der Waals surface area contributed by atoms with Gasteiger partial charge in [-0.1, -0.05) is 36.4 Å². The van der Waals surface area contributed by atoms with Crippen LogP contribution in [0.25, 0.3) is 11.8 Å². The molecular formula is C24H26N6O6S. The monoisotopic (exact) mass is 526 g/mol. The van der Waals surface area contributed by atoms with Crippen molar-refractivity contribution in [2.75, 3.05) is 38.2 Å². The van der Waals surface area contributed by atoms with Gasteiger partial charge in [0.1, 0.15) is 0 Å². The minimum absolute atomic E-state index is 0.0243. The number of ether oxygens (including phenoxy) is 2. The van der Waals surface area contributed by atoms with Gasteiger partial charge < -0.3 is 14.8 Å². The standard InChI is InChI=1S/C24H26N6O6S/c1-17-8-9-20(37(33,34)29-10-12-35-13-11-29)15-21(17)25-23(31)16-36-24(32)22(30-18(2)26-27-28-30)14-19-6-4-3-5-7-19/h3-9,14-15H,10-13,16H2,1-2H3,(H,25,31)/b22-14-. The molecule has 1 aromatic heterocycles. The number of carbonyl (C=O) groups is 2. The first-order valence-electron chi connectivity index (χ1n) is 11.4. The quantitative estimate of drug-likeness (QED) is 0.341. The van der Waals surface area contributed by atoms with Crippen molar-refractivity contribution in [1.82, 2.24) is 24.5 Å². The fourth-order valence-corrected chi connectivity index (χ4v) is 5.03. The van der Waals surface area contributed by atoms with E-state index >= 15 is 0 Å². The topological polar surface area (TPSA) is 146 Å². The first kappa shape index (κ1) is 26.1. The van der Waals surface area contributed by atoms with Gasteiger partial charge in [-0.05, 0) is 53.6 Å². The van der Waals surface area contributed by atoms with Gasteiger partial charge in [0.25, 0.3) is 5.91 Å². The highest BCUT2D eigenvalue weighted by molar-refractivity contribution is 7.89. The average molecular weight is 527 g/mol. The summed E-state index contributed by atoms with van der Waals surface area (Å²) < 4.78 is 39.0. The number of morpholine rings is 1. The third-order valence-electron chi connectivity index (χ3n) is 5.59. The number of tetrazole rings is 1. The molecule has 37 heavy (non-hydrogen) atoms. The van der Waals surface area contributed by atoms with Crippen molar-refractivity contribution in [3.63, 3.8) is 0 Å². The zero-order valence-electron chi connectivity index (χ0n) is 20.3. The molecule has 0 radical (unpaired) electrons. The molecule has 194 valence electrons. The van der Waals surface area contributed by atoms with E-state index in [1.165, 1.54) is 21.1 Å². The van der Waals surface area contributed by atoms with E-state index in [1.807, 2.05) is 18.2 Å². The smallest absolute Gasteiger partial charge is 0.357 e. The lowest BCUT2D eigenvalue weighted by molar-refractivity contribution is -0.141. The van der Waals surface area contributed by atoms with E-state index in [-0.39, 0.29) is 23.7 Å². The lowest BCUT2D eigenvalue weighted by Gasteiger charge is -2.26. The highest BCUT2D eigenvalue weighted by Gasteiger charge is 2.27. The van der Waals surface area contributed by atoms with Crippen LogP contribution in [0.3, 0.4) is 0 Å². The number of hydrogen-bond donors (Lipinski definition) is 1. The van der Waals surface area contributed by atoms with Gasteiger partial charge >= 0.3 is 5.97 Å². The Morgan fingerprint density at radius 1 is 1.11 bits per heavy atom. The molecule has 1 aliphatic heterocycles. The number of hydrogen-bond acceptors (Lipinski definition) is 9. The van der Waals surface area contributed by atoms with Crippen molar-refractivity contribution in [3.05, 3.63) is 65.5 Å². The summed E-state index contributed by atoms with van der Waals surface area (Å²) >= 11 is 0. The van der Waals surface area contributed by atoms with E-state index in [9.17, 15) is 18.0 Å². The molecule has 0 unspecified atom stereocenters. The highest BCUT2D eigenvalue weighted by Crippen LogP contribution is 2.24. The summed E-state index contributed by atoms with van der Waals surface area (Å²) in [4.78, 5) is 25.6. The Labute approximate surface area is 213 Å². The second-order valence-electron chi connectivity index (χ2n) is 8.20. The Kier molecular flexibility index (Phi) is 8.06. The molecule has 1 aliphatic rings. The minimum Gasteiger partial charge on any atom is -0.451 e. The van der Waals surface area contributed by atoms with Crippen LogP contribution in [0, 0.1) is 13.8 Å². The lowest BCUT2D eigenvalue weighted by atomic mass is 10.2. The minimum atomic E-state index is -3.75. The number of nitrogens with one attached hydrogen (secondary N) is 1. The van der Waals surface area contributed by atoms with Crippen molar-refractivity contribution in [2.24, 2.45) is 0 Å². The maximum atomic E-state index is 13.0. The zero-order chi connectivity index (χ0) is 26.4. The summed E-state index contributed by atoms with van der Waals surface area (Å²) in [6.45, 7) is 3.91. The first-order valence-corrected chi connectivity index (χ1v) is 12.9. The number of rotatable bonds is 8. The molecule has 13 heteroatoms. The number of anilines is 1. The highest BCUT2D eigenvalue weighted by atomic mass is 32.2. The van der Waals surface area contributed by atoms with Crippen LogP contribution in [0.4, 0.5) is 5.69 Å². The fourth-order valence-electron chi connectivity index (χ4n) is 3.59. The van der Waals surface area contributed by atoms with Crippen molar-refractivity contribution >= 4 is 39.4 Å². The summed E-state index contributed by atoms with van der Waals surface area (Å²) in [6, 6.07) is 13.5. The van der Waals surface area contributed by atoms with Gasteiger partial charge in [0, 0.05) is 18.8 Å². The van der Waals surface area contributed by atoms with E-state index in [2.05, 4.69) is 20.8 Å². The van der Waals surface area contributed by atoms with E-state index in [4.69, 9.17) is 9.47 Å². The number of esters is 1. The van der Waals surface area contributed by atoms with Gasteiger partial charge in [-0.25, -0.2) is 13.2 Å². The van der Waals surface area contributed by atoms with Gasteiger partial charge in [-0.2, -0.15) is 8.99 Å². The molecule has 2 heterocycles. The molecule has 0 bridgehead atoms. The molecule has 0 spiro atoms. The molecule has 4 rings (SSSR count). The van der Waals surface area contributed by atoms with Crippen molar-refractivity contribution in [1.29, 1.82) is 0 Å². The Hall–Kier alpha value is -3.94. The number of nitrogens with zero attached hydrogens (tertiary/aromatic N) is 5. The third kappa shape index (κ3) is 6.25. The van der Waals surface area contributed by atoms with E-state index in [0.717, 1.165) is 0 Å². The molecule has 0 saturated carbocycles. The number of carbonyl (C=O) groups excluding carboxylic acids is 2. The second-order valence-corrected chi connectivity index (χ2v) is 10.1. The van der Waals surface area contributed by atoms with Crippen LogP contribution in [0.5, 0.6) is 0 Å². The molecule has 1 saturated heterocycles. The Morgan fingerprint density at radius 2 is 1.84 bits per heavy atom. The van der Waals surface area contributed by atoms with Crippen LogP contribution in [0.2, 0.25) is 0 Å². The van der Waals surface area contributed by atoms with Gasteiger partial charge in [0.05, 0.1) is 18.1 Å². The summed E-state index contributed by atoms with van der Waals surface area (Å²) in [6.07, 6.45) is 1.55. The largest absolute Gasteiger partial charge is 0.451 e. The van der Waals surface area contributed by atoms with Crippen LogP contribution >= 0.6 is 0 Å². The zero-order valence-corrected chi connectivity index (χ0v) is 21.1. The van der Waals surface area contributed by atoms with Crippen molar-refractivity contribution in [2.45, 2.75) is 18.7 Å². The normalized spacial score (nSPS) is 14.8. The molecule has 1 amide bonds. The van der Waals surface area contributed by atoms with Crippen LogP contribution < -0.4 is 5.32 Å². The van der Waals surface area contributed by atoms with Crippen LogP contribution in [-0.2, 0) is 29.1 Å². The molecule has 2 aromatic carbocycles. The summed E-state index contributed by atoms with van der Waals surface area (Å²) in [5.74, 6) is -1.09. The van der Waals surface area contributed by atoms with Gasteiger partial charge in [-0.15, -0.1) is 5.10 Å². The summed E-state index contributed by atoms with van der Waals surface area (Å²) in [7, 11) is -3.75. The molecule has 0 atom stereocenters. The van der Waals surface area contributed by atoms with Crippen molar-refractivity contribution < 1.29 is 27.5 Å². The molecule has 1 fully saturated rings. The molecule has 0 aliphatic carbocycles. The van der Waals surface area contributed by atoms with E-state index < -0.39 is 28.5 Å². The average Bonchev–Trinajstić information content (AvgIpc) is 3.33. The third-order valence-corrected chi connectivity index (χ3v) is 7.49. The SMILES string of the molecule is Cc1ccc(S(=O)(=O)N2CCOCC2)cc1NC(=O)COC(=O)/C(=C/c1ccccc1)n1nnnc1C. The number of sulfonamides is 1. The Bertz CT molecular complexity index is 1410. The van der Waals surface area contributed by atoms with Gasteiger partial charge in [0.15, 0.2) is 18.1 Å². The van der Waals surface area contributed by atoms with Gasteiger partial charge in [0.2, 0.25) is 10.0 Å². The van der Waals surface area contributed by atoms with E-state index in [1.54, 1.807) is 38.1 Å². The lowest BCUT2D eigenvalue weighted by Crippen LogP contribution is -2.40. The predicted octanol–water partition coefficient (Wildman–Crippen LogP) is 1.49. The Balaban J connectivity index is 1.46. The molecular weight excluding hydrogens is 500 g/mol. The van der Waals surface area contributed by atoms with Gasteiger partial charge in [-0.3, -0.25) is 4.79 Å². The van der Waals surface area contributed by atoms with Crippen LogP contribution in [-0.4, -0.2) is 77.7 Å². The number of amides is 1. The summed E-state index contributed by atoms with van der Waals surface area (Å²) in [5, 5.41) is 13.8. The Morgan fingerprint density at radius 3 is 2.51 bits per heavy atom. The fraction of sp³-hybridized carbons (Fsp3) is 0.292. The summed E-state index contributed by atoms with van der Waals surface area (Å²) in [5.41, 5.74) is 1.68. The van der Waals surface area contributed by atoms with E-state index in [0.29, 0.717) is 35.9 Å². The molecule has 3 aromatic rings.